The molecule has 30 heavy (non-hydrogen) atoms. The van der Waals surface area contributed by atoms with Crippen LogP contribution < -0.4 is 5.32 Å². The molecular formula is C24H31N3O3. The van der Waals surface area contributed by atoms with Crippen LogP contribution >= 0.6 is 0 Å². The number of carbonyl (C=O) groups excluding carboxylic acids is 2. The van der Waals surface area contributed by atoms with E-state index in [-0.39, 0.29) is 5.91 Å². The topological polar surface area (TPSA) is 61.9 Å². The Balaban J connectivity index is 1.50. The average molecular weight is 410 g/mol. The van der Waals surface area contributed by atoms with Crippen LogP contribution in [0.25, 0.3) is 0 Å². The van der Waals surface area contributed by atoms with Crippen LogP contribution in [0.5, 0.6) is 0 Å². The summed E-state index contributed by atoms with van der Waals surface area (Å²) in [5, 5.41) is 2.68. The number of anilines is 1. The fourth-order valence-corrected chi connectivity index (χ4v) is 3.48. The Morgan fingerprint density at radius 3 is 2.27 bits per heavy atom. The molecule has 3 rings (SSSR count). The van der Waals surface area contributed by atoms with E-state index in [2.05, 4.69) is 41.4 Å². The van der Waals surface area contributed by atoms with Gasteiger partial charge in [-0.2, -0.15) is 0 Å². The Hall–Kier alpha value is -2.86. The summed E-state index contributed by atoms with van der Waals surface area (Å²) in [5.41, 5.74) is 3.25. The second-order valence-corrected chi connectivity index (χ2v) is 8.76. The van der Waals surface area contributed by atoms with Crippen molar-refractivity contribution in [3.8, 4) is 0 Å². The standard InChI is InChI=1S/C24H31N3O3/c1-18-6-5-7-19(16-18)17-26-12-14-27(15-13-26)22(28)20-8-10-21(11-9-20)25-23(29)30-24(2,3)4/h5-11,16H,12-15,17H2,1-4H3,(H,25,29). The fraction of sp³-hybridized carbons (Fsp3) is 0.417. The third kappa shape index (κ3) is 6.32. The quantitative estimate of drug-likeness (QED) is 0.818. The van der Waals surface area contributed by atoms with Crippen LogP contribution in [0.4, 0.5) is 10.5 Å². The largest absolute Gasteiger partial charge is 0.444 e. The van der Waals surface area contributed by atoms with Crippen molar-refractivity contribution in [3.63, 3.8) is 0 Å². The molecule has 1 aliphatic rings. The lowest BCUT2D eigenvalue weighted by Crippen LogP contribution is -2.48. The number of piperazine rings is 1. The predicted molar refractivity (Wildman–Crippen MR) is 119 cm³/mol. The molecule has 1 fully saturated rings. The summed E-state index contributed by atoms with van der Waals surface area (Å²) < 4.78 is 5.24. The van der Waals surface area contributed by atoms with Crippen LogP contribution in [0.15, 0.2) is 48.5 Å². The van der Waals surface area contributed by atoms with Crippen molar-refractivity contribution in [2.24, 2.45) is 0 Å². The minimum atomic E-state index is -0.554. The van der Waals surface area contributed by atoms with Gasteiger partial charge in [-0.25, -0.2) is 4.79 Å². The van der Waals surface area contributed by atoms with Crippen molar-refractivity contribution in [1.82, 2.24) is 9.80 Å². The smallest absolute Gasteiger partial charge is 0.412 e. The fourth-order valence-electron chi connectivity index (χ4n) is 3.48. The van der Waals surface area contributed by atoms with Crippen LogP contribution in [0.1, 0.15) is 42.3 Å². The molecular weight excluding hydrogens is 378 g/mol. The van der Waals surface area contributed by atoms with Crippen LogP contribution in [0.2, 0.25) is 0 Å². The maximum Gasteiger partial charge on any atom is 0.412 e. The summed E-state index contributed by atoms with van der Waals surface area (Å²) >= 11 is 0. The van der Waals surface area contributed by atoms with E-state index >= 15 is 0 Å². The average Bonchev–Trinajstić information content (AvgIpc) is 2.67. The normalized spacial score (nSPS) is 15.0. The van der Waals surface area contributed by atoms with Crippen molar-refractivity contribution in [2.75, 3.05) is 31.5 Å². The number of benzene rings is 2. The minimum absolute atomic E-state index is 0.0222. The van der Waals surface area contributed by atoms with Crippen molar-refractivity contribution in [1.29, 1.82) is 0 Å². The van der Waals surface area contributed by atoms with Gasteiger partial charge in [0.15, 0.2) is 0 Å². The summed E-state index contributed by atoms with van der Waals surface area (Å²) in [6, 6.07) is 15.5. The van der Waals surface area contributed by atoms with Gasteiger partial charge in [0.2, 0.25) is 0 Å². The van der Waals surface area contributed by atoms with E-state index in [0.29, 0.717) is 24.3 Å². The zero-order chi connectivity index (χ0) is 21.7. The molecule has 160 valence electrons. The SMILES string of the molecule is Cc1cccc(CN2CCN(C(=O)c3ccc(NC(=O)OC(C)(C)C)cc3)CC2)c1. The summed E-state index contributed by atoms with van der Waals surface area (Å²) in [5.74, 6) is 0.0222. The lowest BCUT2D eigenvalue weighted by molar-refractivity contribution is 0.0624. The highest BCUT2D eigenvalue weighted by molar-refractivity contribution is 5.95. The number of aryl methyl sites for hydroxylation is 1. The first-order valence-corrected chi connectivity index (χ1v) is 10.4. The Bertz CT molecular complexity index is 879. The molecule has 0 saturated carbocycles. The van der Waals surface area contributed by atoms with E-state index in [1.165, 1.54) is 11.1 Å². The third-order valence-corrected chi connectivity index (χ3v) is 4.93. The molecule has 2 aromatic rings. The third-order valence-electron chi connectivity index (χ3n) is 4.93. The van der Waals surface area contributed by atoms with E-state index in [0.717, 1.165) is 19.6 Å². The molecule has 0 unspecified atom stereocenters. The molecule has 0 radical (unpaired) electrons. The molecule has 2 aromatic carbocycles. The lowest BCUT2D eigenvalue weighted by Gasteiger charge is -2.34. The van der Waals surface area contributed by atoms with E-state index < -0.39 is 11.7 Å². The molecule has 0 atom stereocenters. The van der Waals surface area contributed by atoms with Crippen LogP contribution in [-0.4, -0.2) is 53.6 Å². The molecule has 2 amide bonds. The van der Waals surface area contributed by atoms with Gasteiger partial charge in [0.25, 0.3) is 5.91 Å². The lowest BCUT2D eigenvalue weighted by atomic mass is 10.1. The Labute approximate surface area is 178 Å². The van der Waals surface area contributed by atoms with Gasteiger partial charge in [0, 0.05) is 44.0 Å². The van der Waals surface area contributed by atoms with Gasteiger partial charge in [0.1, 0.15) is 5.60 Å². The number of hydrogen-bond donors (Lipinski definition) is 1. The van der Waals surface area contributed by atoms with Crippen molar-refractivity contribution >= 4 is 17.7 Å². The van der Waals surface area contributed by atoms with Crippen LogP contribution in [-0.2, 0) is 11.3 Å². The van der Waals surface area contributed by atoms with Gasteiger partial charge in [-0.1, -0.05) is 29.8 Å². The van der Waals surface area contributed by atoms with Gasteiger partial charge in [-0.3, -0.25) is 15.0 Å². The molecule has 1 aliphatic heterocycles. The summed E-state index contributed by atoms with van der Waals surface area (Å²) in [4.78, 5) is 29.0. The second-order valence-electron chi connectivity index (χ2n) is 8.76. The Morgan fingerprint density at radius 1 is 1.00 bits per heavy atom. The molecule has 1 N–H and O–H groups in total. The van der Waals surface area contributed by atoms with E-state index in [1.807, 2.05) is 25.7 Å². The highest BCUT2D eigenvalue weighted by Crippen LogP contribution is 2.16. The maximum atomic E-state index is 12.8. The number of rotatable bonds is 4. The van der Waals surface area contributed by atoms with Gasteiger partial charge in [0.05, 0.1) is 0 Å². The van der Waals surface area contributed by atoms with Crippen molar-refractivity contribution < 1.29 is 14.3 Å². The summed E-state index contributed by atoms with van der Waals surface area (Å²) in [6.45, 7) is 11.6. The summed E-state index contributed by atoms with van der Waals surface area (Å²) in [6.07, 6.45) is -0.508. The summed E-state index contributed by atoms with van der Waals surface area (Å²) in [7, 11) is 0. The van der Waals surface area contributed by atoms with Crippen LogP contribution in [0, 0.1) is 6.92 Å². The monoisotopic (exact) mass is 409 g/mol. The maximum absolute atomic E-state index is 12.8. The van der Waals surface area contributed by atoms with Gasteiger partial charge < -0.3 is 9.64 Å². The molecule has 0 bridgehead atoms. The molecule has 6 heteroatoms. The highest BCUT2D eigenvalue weighted by atomic mass is 16.6. The molecule has 0 spiro atoms. The van der Waals surface area contributed by atoms with Gasteiger partial charge >= 0.3 is 6.09 Å². The number of nitrogens with zero attached hydrogens (tertiary/aromatic N) is 2. The molecule has 0 aromatic heterocycles. The molecule has 1 heterocycles. The van der Waals surface area contributed by atoms with Crippen molar-refractivity contribution in [2.45, 2.75) is 39.8 Å². The zero-order valence-corrected chi connectivity index (χ0v) is 18.3. The van der Waals surface area contributed by atoms with E-state index in [9.17, 15) is 9.59 Å². The number of nitrogens with one attached hydrogen (secondary N) is 1. The molecule has 0 aliphatic carbocycles. The Morgan fingerprint density at radius 2 is 1.67 bits per heavy atom. The number of hydrogen-bond acceptors (Lipinski definition) is 4. The molecule has 6 nitrogen and oxygen atoms in total. The predicted octanol–water partition coefficient (Wildman–Crippen LogP) is 4.30. The van der Waals surface area contributed by atoms with Gasteiger partial charge in [-0.05, 0) is 57.5 Å². The first kappa shape index (κ1) is 21.8. The van der Waals surface area contributed by atoms with Gasteiger partial charge in [-0.15, -0.1) is 0 Å². The van der Waals surface area contributed by atoms with E-state index in [1.54, 1.807) is 24.3 Å². The number of carbonyl (C=O) groups is 2. The van der Waals surface area contributed by atoms with E-state index in [4.69, 9.17) is 4.74 Å². The zero-order valence-electron chi connectivity index (χ0n) is 18.3. The second kappa shape index (κ2) is 9.30. The van der Waals surface area contributed by atoms with Crippen molar-refractivity contribution in [3.05, 3.63) is 65.2 Å². The number of ether oxygens (including phenoxy) is 1. The Kier molecular flexibility index (Phi) is 6.77. The number of amides is 2. The first-order chi connectivity index (χ1) is 14.2. The minimum Gasteiger partial charge on any atom is -0.444 e. The highest BCUT2D eigenvalue weighted by Gasteiger charge is 2.22. The van der Waals surface area contributed by atoms with Crippen LogP contribution in [0.3, 0.4) is 0 Å². The molecule has 1 saturated heterocycles. The first-order valence-electron chi connectivity index (χ1n) is 10.4.